The van der Waals surface area contributed by atoms with Gasteiger partial charge in [-0.2, -0.15) is 0 Å². The number of benzene rings is 1. The van der Waals surface area contributed by atoms with Crippen LogP contribution in [-0.4, -0.2) is 30.9 Å². The van der Waals surface area contributed by atoms with Crippen molar-refractivity contribution in [2.24, 2.45) is 5.92 Å². The minimum atomic E-state index is -0.605. The second kappa shape index (κ2) is 7.50. The Morgan fingerprint density at radius 3 is 2.33 bits per heavy atom. The molecular formula is C16H24F2N2O. The van der Waals surface area contributed by atoms with Crippen LogP contribution in [0.3, 0.4) is 0 Å². The van der Waals surface area contributed by atoms with Crippen LogP contribution < -0.4 is 5.32 Å². The average Bonchev–Trinajstić information content (AvgIpc) is 2.36. The summed E-state index contributed by atoms with van der Waals surface area (Å²) in [5.41, 5.74) is 0.358. The third-order valence-corrected chi connectivity index (χ3v) is 3.33. The summed E-state index contributed by atoms with van der Waals surface area (Å²) in [6, 6.07) is 2.73. The summed E-state index contributed by atoms with van der Waals surface area (Å²) >= 11 is 0. The Balaban J connectivity index is 2.89. The second-order valence-corrected chi connectivity index (χ2v) is 5.97. The first-order chi connectivity index (χ1) is 9.72. The maximum atomic E-state index is 13.8. The third-order valence-electron chi connectivity index (χ3n) is 3.33. The Morgan fingerprint density at radius 2 is 1.86 bits per heavy atom. The van der Waals surface area contributed by atoms with Crippen LogP contribution in [0.2, 0.25) is 0 Å². The molecule has 0 saturated carbocycles. The maximum absolute atomic E-state index is 13.8. The average molecular weight is 298 g/mol. The van der Waals surface area contributed by atoms with Gasteiger partial charge in [0.2, 0.25) is 5.91 Å². The summed E-state index contributed by atoms with van der Waals surface area (Å²) in [7, 11) is 3.39. The van der Waals surface area contributed by atoms with E-state index in [4.69, 9.17) is 0 Å². The first-order valence-electron chi connectivity index (χ1n) is 7.14. The van der Waals surface area contributed by atoms with Gasteiger partial charge in [0.1, 0.15) is 11.6 Å². The van der Waals surface area contributed by atoms with E-state index >= 15 is 0 Å². The minimum absolute atomic E-state index is 0.0435. The Bertz CT molecular complexity index is 489. The SMILES string of the molecule is CC(C)CC(NC(C)c1ccc(F)cc1F)C(=O)N(C)C. The number of likely N-dealkylation sites (N-methyl/N-ethyl adjacent to an activating group) is 1. The number of carbonyl (C=O) groups is 1. The number of halogens is 2. The summed E-state index contributed by atoms with van der Waals surface area (Å²) in [6.45, 7) is 5.83. The molecule has 118 valence electrons. The van der Waals surface area contributed by atoms with Crippen LogP contribution in [0.15, 0.2) is 18.2 Å². The lowest BCUT2D eigenvalue weighted by Gasteiger charge is -2.27. The molecule has 1 N–H and O–H groups in total. The highest BCUT2D eigenvalue weighted by Crippen LogP contribution is 2.20. The summed E-state index contributed by atoms with van der Waals surface area (Å²) in [5, 5.41) is 3.15. The van der Waals surface area contributed by atoms with Gasteiger partial charge < -0.3 is 4.90 Å². The molecule has 3 nitrogen and oxygen atoms in total. The van der Waals surface area contributed by atoms with Gasteiger partial charge in [-0.25, -0.2) is 8.78 Å². The molecule has 1 amide bonds. The summed E-state index contributed by atoms with van der Waals surface area (Å²) in [4.78, 5) is 13.7. The number of rotatable bonds is 6. The molecule has 0 aliphatic carbocycles. The van der Waals surface area contributed by atoms with Crippen LogP contribution in [0.4, 0.5) is 8.78 Å². The Kier molecular flexibility index (Phi) is 6.27. The minimum Gasteiger partial charge on any atom is -0.347 e. The quantitative estimate of drug-likeness (QED) is 0.875. The molecule has 1 aromatic rings. The van der Waals surface area contributed by atoms with E-state index in [0.717, 1.165) is 6.07 Å². The number of hydrogen-bond acceptors (Lipinski definition) is 2. The predicted octanol–water partition coefficient (Wildman–Crippen LogP) is 3.12. The van der Waals surface area contributed by atoms with Gasteiger partial charge in [0.05, 0.1) is 6.04 Å². The highest BCUT2D eigenvalue weighted by atomic mass is 19.1. The lowest BCUT2D eigenvalue weighted by Crippen LogP contribution is -2.45. The van der Waals surface area contributed by atoms with Gasteiger partial charge in [0.25, 0.3) is 0 Å². The molecule has 5 heteroatoms. The van der Waals surface area contributed by atoms with E-state index in [9.17, 15) is 13.6 Å². The Morgan fingerprint density at radius 1 is 1.24 bits per heavy atom. The topological polar surface area (TPSA) is 32.3 Å². The molecule has 0 saturated heterocycles. The van der Waals surface area contributed by atoms with Crippen LogP contribution in [0.5, 0.6) is 0 Å². The molecule has 21 heavy (non-hydrogen) atoms. The van der Waals surface area contributed by atoms with Crippen LogP contribution in [0.25, 0.3) is 0 Å². The zero-order chi connectivity index (χ0) is 16.2. The van der Waals surface area contributed by atoms with Crippen molar-refractivity contribution in [2.75, 3.05) is 14.1 Å². The summed E-state index contributed by atoms with van der Waals surface area (Å²) in [6.07, 6.45) is 0.657. The largest absolute Gasteiger partial charge is 0.347 e. The fourth-order valence-electron chi connectivity index (χ4n) is 2.27. The molecule has 0 spiro atoms. The molecule has 0 aliphatic rings. The van der Waals surface area contributed by atoms with Gasteiger partial charge in [0, 0.05) is 31.8 Å². The number of nitrogens with one attached hydrogen (secondary N) is 1. The maximum Gasteiger partial charge on any atom is 0.239 e. The van der Waals surface area contributed by atoms with E-state index in [1.807, 2.05) is 13.8 Å². The molecule has 1 aromatic carbocycles. The first-order valence-corrected chi connectivity index (χ1v) is 7.14. The molecular weight excluding hydrogens is 274 g/mol. The van der Waals surface area contributed by atoms with Crippen LogP contribution in [0.1, 0.15) is 38.8 Å². The van der Waals surface area contributed by atoms with Crippen molar-refractivity contribution in [3.8, 4) is 0 Å². The second-order valence-electron chi connectivity index (χ2n) is 5.97. The van der Waals surface area contributed by atoms with E-state index < -0.39 is 11.6 Å². The number of carbonyl (C=O) groups excluding carboxylic acids is 1. The van der Waals surface area contributed by atoms with E-state index in [1.54, 1.807) is 21.0 Å². The standard InChI is InChI=1S/C16H24F2N2O/c1-10(2)8-15(16(21)20(4)5)19-11(3)13-7-6-12(17)9-14(13)18/h6-7,9-11,15,19H,8H2,1-5H3. The molecule has 0 radical (unpaired) electrons. The lowest BCUT2D eigenvalue weighted by atomic mass is 10.00. The van der Waals surface area contributed by atoms with Crippen molar-refractivity contribution < 1.29 is 13.6 Å². The van der Waals surface area contributed by atoms with Crippen molar-refractivity contribution >= 4 is 5.91 Å². The van der Waals surface area contributed by atoms with Crippen molar-refractivity contribution in [2.45, 2.75) is 39.3 Å². The van der Waals surface area contributed by atoms with E-state index in [1.165, 1.54) is 17.0 Å². The van der Waals surface area contributed by atoms with Crippen LogP contribution in [-0.2, 0) is 4.79 Å². The number of amides is 1. The molecule has 0 heterocycles. The fraction of sp³-hybridized carbons (Fsp3) is 0.562. The van der Waals surface area contributed by atoms with E-state index in [0.29, 0.717) is 17.9 Å². The molecule has 2 unspecified atom stereocenters. The van der Waals surface area contributed by atoms with Crippen LogP contribution >= 0.6 is 0 Å². The smallest absolute Gasteiger partial charge is 0.239 e. The first kappa shape index (κ1) is 17.6. The van der Waals surface area contributed by atoms with Gasteiger partial charge in [0.15, 0.2) is 0 Å². The van der Waals surface area contributed by atoms with Crippen LogP contribution in [0, 0.1) is 17.6 Å². The number of nitrogens with zero attached hydrogens (tertiary/aromatic N) is 1. The Labute approximate surface area is 125 Å². The van der Waals surface area contributed by atoms with Gasteiger partial charge in [-0.3, -0.25) is 10.1 Å². The van der Waals surface area contributed by atoms with Gasteiger partial charge in [-0.15, -0.1) is 0 Å². The zero-order valence-corrected chi connectivity index (χ0v) is 13.3. The highest BCUT2D eigenvalue weighted by molar-refractivity contribution is 5.81. The Hall–Kier alpha value is -1.49. The van der Waals surface area contributed by atoms with Crippen molar-refractivity contribution in [3.63, 3.8) is 0 Å². The lowest BCUT2D eigenvalue weighted by molar-refractivity contribution is -0.131. The fourth-order valence-corrected chi connectivity index (χ4v) is 2.27. The number of hydrogen-bond donors (Lipinski definition) is 1. The van der Waals surface area contributed by atoms with Gasteiger partial charge >= 0.3 is 0 Å². The summed E-state index contributed by atoms with van der Waals surface area (Å²) in [5.74, 6) is -0.920. The van der Waals surface area contributed by atoms with Gasteiger partial charge in [-0.05, 0) is 25.3 Å². The third kappa shape index (κ3) is 5.08. The molecule has 0 bridgehead atoms. The molecule has 0 aliphatic heterocycles. The monoisotopic (exact) mass is 298 g/mol. The zero-order valence-electron chi connectivity index (χ0n) is 13.3. The molecule has 0 aromatic heterocycles. The van der Waals surface area contributed by atoms with Gasteiger partial charge in [-0.1, -0.05) is 19.9 Å². The summed E-state index contributed by atoms with van der Waals surface area (Å²) < 4.78 is 26.8. The normalized spacial score (nSPS) is 14.1. The highest BCUT2D eigenvalue weighted by Gasteiger charge is 2.24. The van der Waals surface area contributed by atoms with E-state index in [-0.39, 0.29) is 18.0 Å². The van der Waals surface area contributed by atoms with Crippen molar-refractivity contribution in [1.29, 1.82) is 0 Å². The predicted molar refractivity (Wildman–Crippen MR) is 79.8 cm³/mol. The van der Waals surface area contributed by atoms with Crippen molar-refractivity contribution in [3.05, 3.63) is 35.4 Å². The molecule has 2 atom stereocenters. The van der Waals surface area contributed by atoms with Crippen molar-refractivity contribution in [1.82, 2.24) is 10.2 Å². The van der Waals surface area contributed by atoms with E-state index in [2.05, 4.69) is 5.32 Å². The molecule has 0 fully saturated rings. The molecule has 1 rings (SSSR count).